The molecule has 3 unspecified atom stereocenters. The van der Waals surface area contributed by atoms with Crippen molar-refractivity contribution in [2.24, 2.45) is 0 Å². The number of ether oxygens (including phenoxy) is 1. The second-order valence-electron chi connectivity index (χ2n) is 6.49. The molecule has 0 aromatic rings. The van der Waals surface area contributed by atoms with E-state index in [0.717, 1.165) is 29.6 Å². The molecule has 2 rings (SSSR count). The minimum atomic E-state index is -0.702. The van der Waals surface area contributed by atoms with Gasteiger partial charge in [-0.1, -0.05) is 0 Å². The summed E-state index contributed by atoms with van der Waals surface area (Å²) in [6.45, 7) is 4.65. The topological polar surface area (TPSA) is 55.8 Å². The van der Waals surface area contributed by atoms with Crippen molar-refractivity contribution in [1.82, 2.24) is 0 Å². The number of alkyl halides is 3. The molecule has 0 aliphatic carbocycles. The molecule has 6 heteroatoms. The number of halogens is 2. The Morgan fingerprint density at radius 2 is 2.29 bits per heavy atom. The summed E-state index contributed by atoms with van der Waals surface area (Å²) in [5.41, 5.74) is 1.44. The van der Waals surface area contributed by atoms with Crippen molar-refractivity contribution in [2.45, 2.75) is 85.5 Å². The molecule has 2 fully saturated rings. The van der Waals surface area contributed by atoms with Gasteiger partial charge in [0.1, 0.15) is 0 Å². The van der Waals surface area contributed by atoms with Crippen molar-refractivity contribution in [3.63, 3.8) is 0 Å². The van der Waals surface area contributed by atoms with Crippen molar-refractivity contribution in [2.75, 3.05) is 4.43 Å². The Hall–Kier alpha value is 0.590. The van der Waals surface area contributed by atoms with Gasteiger partial charge in [-0.05, 0) is 0 Å². The molecule has 142 valence electrons. The molecule has 2 bridgehead atoms. The van der Waals surface area contributed by atoms with E-state index in [0.29, 0.717) is 3.92 Å². The Morgan fingerprint density at radius 3 is 3.04 bits per heavy atom. The van der Waals surface area contributed by atoms with Crippen LogP contribution in [0.15, 0.2) is 11.6 Å². The number of allylic oxidation sites excluding steroid dienone is 1. The summed E-state index contributed by atoms with van der Waals surface area (Å²) in [5.74, 6) is -0.702. The third-order valence-corrected chi connectivity index (χ3v) is 10.4. The van der Waals surface area contributed by atoms with Gasteiger partial charge in [0.05, 0.1) is 0 Å². The molecule has 2 heterocycles. The molecule has 2 saturated heterocycles. The first kappa shape index (κ1) is 20.9. The number of carboxylic acids is 1. The van der Waals surface area contributed by atoms with Crippen LogP contribution >= 0.6 is 0 Å². The predicted octanol–water partition coefficient (Wildman–Crippen LogP) is -2.26. The summed E-state index contributed by atoms with van der Waals surface area (Å²) in [6.07, 6.45) is 10.6. The van der Waals surface area contributed by atoms with E-state index in [1.807, 2.05) is 0 Å². The third-order valence-electron chi connectivity index (χ3n) is 4.33. The first-order valence-electron chi connectivity index (χ1n) is 9.04. The summed E-state index contributed by atoms with van der Waals surface area (Å²) in [4.78, 5) is 10.7. The molecule has 0 spiro atoms. The van der Waals surface area contributed by atoms with Crippen molar-refractivity contribution in [3.05, 3.63) is 11.6 Å². The molecule has 0 radical (unpaired) electrons. The first-order valence-corrected chi connectivity index (χ1v) is 13.9. The maximum absolute atomic E-state index is 10.7. The summed E-state index contributed by atoms with van der Waals surface area (Å²) >= 11 is 0.00476. The zero-order chi connectivity index (χ0) is 17.4. The van der Waals surface area contributed by atoms with Crippen LogP contribution in [0.4, 0.5) is 0 Å². The molecule has 1 N–H and O–H groups in total. The molecule has 2 aliphatic heterocycles. The molecule has 4 atom stereocenters. The van der Waals surface area contributed by atoms with E-state index in [1.165, 1.54) is 29.3 Å². The van der Waals surface area contributed by atoms with Crippen molar-refractivity contribution >= 4 is 5.97 Å². The van der Waals surface area contributed by atoms with Gasteiger partial charge in [-0.2, -0.15) is 0 Å². The molecule has 0 aromatic heterocycles. The van der Waals surface area contributed by atoms with E-state index in [4.69, 9.17) is 12.9 Å². The molecule has 2 aliphatic rings. The summed E-state index contributed by atoms with van der Waals surface area (Å²) in [5, 5.41) is 8.79. The van der Waals surface area contributed by atoms with E-state index in [-0.39, 0.29) is 61.6 Å². The second kappa shape index (κ2) is 11.3. The standard InChI is InChI=1S/C18H30I2O4/c1-3-4-7-10-19-13(2)11-16-14(8-5-6-9-17(21)22)15-12-18(23-16)24-20-15/h8,13,15-16,18H,3-7,9-12H2,1-2H3,(H,21,22)/q-2/b14-8+/t13?,15?,16-,18?/m1/s1. The van der Waals surface area contributed by atoms with E-state index >= 15 is 0 Å². The molecule has 0 saturated carbocycles. The van der Waals surface area contributed by atoms with Gasteiger partial charge in [-0.3, -0.25) is 0 Å². The molecule has 0 amide bonds. The van der Waals surface area contributed by atoms with Crippen LogP contribution in [0.3, 0.4) is 0 Å². The van der Waals surface area contributed by atoms with Gasteiger partial charge in [0, 0.05) is 0 Å². The van der Waals surface area contributed by atoms with Crippen LogP contribution in [-0.4, -0.2) is 35.7 Å². The number of carboxylic acid groups (broad SMARTS) is 1. The predicted molar refractivity (Wildman–Crippen MR) is 86.2 cm³/mol. The maximum atomic E-state index is 10.7. The number of rotatable bonds is 11. The summed E-state index contributed by atoms with van der Waals surface area (Å²) < 4.78 is 14.8. The zero-order valence-electron chi connectivity index (χ0n) is 14.7. The van der Waals surface area contributed by atoms with Gasteiger partial charge in [-0.25, -0.2) is 0 Å². The monoisotopic (exact) mass is 564 g/mol. The molecule has 0 aromatic carbocycles. The fourth-order valence-electron chi connectivity index (χ4n) is 3.03. The van der Waals surface area contributed by atoms with Gasteiger partial charge in [0.2, 0.25) is 0 Å². The van der Waals surface area contributed by atoms with Crippen LogP contribution in [0.25, 0.3) is 0 Å². The third kappa shape index (κ3) is 7.07. The SMILES string of the molecule is CCCCC[I-]C(C)C[C@H]1OC2CC([I-]O2)/C1=C\CCCC(=O)O. The van der Waals surface area contributed by atoms with Crippen LogP contribution in [0, 0.1) is 0 Å². The Bertz CT molecular complexity index is 427. The van der Waals surface area contributed by atoms with Crippen LogP contribution in [0.2, 0.25) is 0 Å². The number of aliphatic carboxylic acids is 1. The second-order valence-corrected chi connectivity index (χ2v) is 13.1. The minimum absolute atomic E-state index is 0.0365. The average molecular weight is 564 g/mol. The summed E-state index contributed by atoms with van der Waals surface area (Å²) in [6, 6.07) is 0. The number of carbonyl (C=O) groups is 1. The van der Waals surface area contributed by atoms with Crippen LogP contribution in [0.5, 0.6) is 0 Å². The number of hydrogen-bond acceptors (Lipinski definition) is 3. The first-order chi connectivity index (χ1) is 11.6. The van der Waals surface area contributed by atoms with Gasteiger partial charge in [0.15, 0.2) is 0 Å². The van der Waals surface area contributed by atoms with Gasteiger partial charge in [-0.15, -0.1) is 0 Å². The van der Waals surface area contributed by atoms with E-state index < -0.39 is 5.97 Å². The molecular weight excluding hydrogens is 534 g/mol. The van der Waals surface area contributed by atoms with Crippen molar-refractivity contribution in [1.29, 1.82) is 0 Å². The van der Waals surface area contributed by atoms with Gasteiger partial charge < -0.3 is 0 Å². The fourth-order valence-corrected chi connectivity index (χ4v) is 8.47. The van der Waals surface area contributed by atoms with Gasteiger partial charge >= 0.3 is 168 Å². The Balaban J connectivity index is 1.84. The van der Waals surface area contributed by atoms with E-state index in [1.54, 1.807) is 0 Å². The summed E-state index contributed by atoms with van der Waals surface area (Å²) in [7, 11) is 0. The normalized spacial score (nSPS) is 29.6. The van der Waals surface area contributed by atoms with E-state index in [2.05, 4.69) is 19.9 Å². The quantitative estimate of drug-likeness (QED) is 0.134. The van der Waals surface area contributed by atoms with Crippen molar-refractivity contribution < 1.29 is 60.5 Å². The molecule has 24 heavy (non-hydrogen) atoms. The van der Waals surface area contributed by atoms with Crippen LogP contribution in [-0.2, 0) is 12.6 Å². The Kier molecular flexibility index (Phi) is 9.87. The average Bonchev–Trinajstić information content (AvgIpc) is 2.93. The zero-order valence-corrected chi connectivity index (χ0v) is 19.0. The molecule has 4 nitrogen and oxygen atoms in total. The van der Waals surface area contributed by atoms with Crippen molar-refractivity contribution in [3.8, 4) is 0 Å². The number of fused-ring (bicyclic) bond motifs is 2. The van der Waals surface area contributed by atoms with Crippen LogP contribution < -0.4 is 42.8 Å². The Labute approximate surface area is 167 Å². The Morgan fingerprint density at radius 1 is 1.46 bits per heavy atom. The van der Waals surface area contributed by atoms with Gasteiger partial charge in [0.25, 0.3) is 0 Å². The fraction of sp³-hybridized carbons (Fsp3) is 0.833. The van der Waals surface area contributed by atoms with E-state index in [9.17, 15) is 4.79 Å². The van der Waals surface area contributed by atoms with Crippen LogP contribution in [0.1, 0.15) is 65.2 Å². The molecular formula is C18H30I2O4-2. The number of hydrogen-bond donors (Lipinski definition) is 1. The number of unbranched alkanes of at least 4 members (excludes halogenated alkanes) is 3.